The van der Waals surface area contributed by atoms with E-state index >= 15 is 0 Å². The summed E-state index contributed by atoms with van der Waals surface area (Å²) < 4.78 is 4.50. The molecule has 0 aliphatic rings. The molecule has 0 fully saturated rings. The Kier molecular flexibility index (Phi) is 6.81. The van der Waals surface area contributed by atoms with Crippen LogP contribution in [0.3, 0.4) is 0 Å². The number of carbonyl (C=O) groups is 2. The molecule has 0 aliphatic heterocycles. The summed E-state index contributed by atoms with van der Waals surface area (Å²) in [5, 5.41) is 0.119. The lowest BCUT2D eigenvalue weighted by atomic mass is 10.4. The lowest BCUT2D eigenvalue weighted by molar-refractivity contribution is -0.137. The highest BCUT2D eigenvalue weighted by atomic mass is 32.2. The molecular formula is C12H14O3S2. The maximum atomic E-state index is 11.6. The predicted octanol–water partition coefficient (Wildman–Crippen LogP) is 2.60. The molecular weight excluding hydrogens is 256 g/mol. The van der Waals surface area contributed by atoms with E-state index in [1.165, 1.54) is 30.6 Å². The lowest BCUT2D eigenvalue weighted by Crippen LogP contribution is -2.04. The smallest absolute Gasteiger partial charge is 0.315 e. The van der Waals surface area contributed by atoms with Crippen molar-refractivity contribution in [2.45, 2.75) is 11.3 Å². The van der Waals surface area contributed by atoms with Crippen molar-refractivity contribution < 1.29 is 14.3 Å². The molecule has 0 unspecified atom stereocenters. The monoisotopic (exact) mass is 270 g/mol. The number of hydrogen-bond donors (Lipinski definition) is 0. The lowest BCUT2D eigenvalue weighted by Gasteiger charge is -2.01. The summed E-state index contributed by atoms with van der Waals surface area (Å²) in [7, 11) is 1.36. The minimum absolute atomic E-state index is 0.119. The van der Waals surface area contributed by atoms with Crippen LogP contribution in [-0.2, 0) is 14.3 Å². The number of rotatable bonds is 6. The minimum Gasteiger partial charge on any atom is -0.468 e. The summed E-state index contributed by atoms with van der Waals surface area (Å²) >= 11 is 2.66. The van der Waals surface area contributed by atoms with Crippen molar-refractivity contribution >= 4 is 34.6 Å². The van der Waals surface area contributed by atoms with Crippen LogP contribution in [0, 0.1) is 0 Å². The van der Waals surface area contributed by atoms with Crippen molar-refractivity contribution in [3.05, 3.63) is 30.3 Å². The molecule has 92 valence electrons. The molecule has 3 nitrogen and oxygen atoms in total. The number of methoxy groups -OCH3 is 1. The molecule has 1 rings (SSSR count). The van der Waals surface area contributed by atoms with Crippen molar-refractivity contribution in [1.82, 2.24) is 0 Å². The van der Waals surface area contributed by atoms with E-state index in [-0.39, 0.29) is 11.1 Å². The molecule has 5 heteroatoms. The third-order valence-corrected chi connectivity index (χ3v) is 3.75. The second-order valence-electron chi connectivity index (χ2n) is 3.17. The largest absolute Gasteiger partial charge is 0.468 e. The van der Waals surface area contributed by atoms with Gasteiger partial charge in [-0.2, -0.15) is 0 Å². The van der Waals surface area contributed by atoms with Gasteiger partial charge in [0, 0.05) is 17.1 Å². The molecule has 0 heterocycles. The van der Waals surface area contributed by atoms with Crippen LogP contribution in [0.2, 0.25) is 0 Å². The molecule has 0 spiro atoms. The molecule has 0 saturated heterocycles. The molecule has 0 N–H and O–H groups in total. The maximum Gasteiger partial charge on any atom is 0.315 e. The Hall–Kier alpha value is -0.940. The van der Waals surface area contributed by atoms with Gasteiger partial charge in [-0.3, -0.25) is 9.59 Å². The molecule has 0 amide bonds. The standard InChI is InChI=1S/C12H14O3S2/c1-15-11(13)9-16-8-7-12(14)17-10-5-3-2-4-6-10/h2-6H,7-9H2,1H3. The molecule has 0 saturated carbocycles. The van der Waals surface area contributed by atoms with Crippen molar-refractivity contribution in [2.24, 2.45) is 0 Å². The van der Waals surface area contributed by atoms with E-state index in [0.29, 0.717) is 17.9 Å². The summed E-state index contributed by atoms with van der Waals surface area (Å²) in [5.74, 6) is 0.700. The average molecular weight is 270 g/mol. The number of esters is 1. The van der Waals surface area contributed by atoms with Gasteiger partial charge in [-0.15, -0.1) is 11.8 Å². The van der Waals surface area contributed by atoms with E-state index in [4.69, 9.17) is 0 Å². The fourth-order valence-electron chi connectivity index (χ4n) is 1.04. The molecule has 1 aromatic carbocycles. The minimum atomic E-state index is -0.252. The number of benzene rings is 1. The van der Waals surface area contributed by atoms with Gasteiger partial charge in [0.15, 0.2) is 5.12 Å². The van der Waals surface area contributed by atoms with Crippen LogP contribution in [0.1, 0.15) is 6.42 Å². The van der Waals surface area contributed by atoms with E-state index in [1.54, 1.807) is 0 Å². The molecule has 0 aromatic heterocycles. The van der Waals surface area contributed by atoms with Gasteiger partial charge in [-0.25, -0.2) is 0 Å². The van der Waals surface area contributed by atoms with E-state index in [0.717, 1.165) is 4.90 Å². The highest BCUT2D eigenvalue weighted by Crippen LogP contribution is 2.20. The maximum absolute atomic E-state index is 11.6. The van der Waals surface area contributed by atoms with Crippen LogP contribution in [-0.4, -0.2) is 29.7 Å². The predicted molar refractivity (Wildman–Crippen MR) is 71.3 cm³/mol. The molecule has 0 radical (unpaired) electrons. The first-order chi connectivity index (χ1) is 8.22. The Morgan fingerprint density at radius 1 is 1.24 bits per heavy atom. The quantitative estimate of drug-likeness (QED) is 0.451. The Bertz CT molecular complexity index is 365. The van der Waals surface area contributed by atoms with Crippen molar-refractivity contribution in [2.75, 3.05) is 18.6 Å². The second kappa shape index (κ2) is 8.20. The normalized spacial score (nSPS) is 9.94. The van der Waals surface area contributed by atoms with E-state index in [9.17, 15) is 9.59 Å². The van der Waals surface area contributed by atoms with Crippen LogP contribution < -0.4 is 0 Å². The number of ether oxygens (including phenoxy) is 1. The Morgan fingerprint density at radius 2 is 1.94 bits per heavy atom. The molecule has 0 aliphatic carbocycles. The second-order valence-corrected chi connectivity index (χ2v) is 5.40. The SMILES string of the molecule is COC(=O)CSCCC(=O)Sc1ccccc1. The van der Waals surface area contributed by atoms with Crippen LogP contribution in [0.5, 0.6) is 0 Å². The average Bonchev–Trinajstić information content (AvgIpc) is 2.35. The van der Waals surface area contributed by atoms with Gasteiger partial charge in [0.25, 0.3) is 0 Å². The van der Waals surface area contributed by atoms with Gasteiger partial charge in [-0.1, -0.05) is 30.0 Å². The first kappa shape index (κ1) is 14.1. The fourth-order valence-corrected chi connectivity index (χ4v) is 2.69. The summed E-state index contributed by atoms with van der Waals surface area (Å²) in [6.07, 6.45) is 0.460. The van der Waals surface area contributed by atoms with Gasteiger partial charge in [-0.05, 0) is 12.1 Å². The summed E-state index contributed by atoms with van der Waals surface area (Å²) in [6, 6.07) is 9.54. The van der Waals surface area contributed by atoms with Crippen molar-refractivity contribution in [3.63, 3.8) is 0 Å². The van der Waals surface area contributed by atoms with Gasteiger partial charge in [0.05, 0.1) is 12.9 Å². The van der Waals surface area contributed by atoms with Crippen molar-refractivity contribution in [1.29, 1.82) is 0 Å². The zero-order chi connectivity index (χ0) is 12.5. The van der Waals surface area contributed by atoms with Crippen LogP contribution in [0.15, 0.2) is 35.2 Å². The van der Waals surface area contributed by atoms with E-state index in [1.807, 2.05) is 30.3 Å². The highest BCUT2D eigenvalue weighted by molar-refractivity contribution is 8.13. The molecule has 0 bridgehead atoms. The molecule has 17 heavy (non-hydrogen) atoms. The Morgan fingerprint density at radius 3 is 2.59 bits per heavy atom. The van der Waals surface area contributed by atoms with Crippen LogP contribution in [0.4, 0.5) is 0 Å². The molecule has 0 atom stereocenters. The first-order valence-electron chi connectivity index (χ1n) is 5.12. The number of hydrogen-bond acceptors (Lipinski definition) is 5. The van der Waals surface area contributed by atoms with E-state index in [2.05, 4.69) is 4.74 Å². The summed E-state index contributed by atoms with van der Waals surface area (Å²) in [6.45, 7) is 0. The third-order valence-electron chi connectivity index (χ3n) is 1.87. The Labute approximate surface area is 109 Å². The zero-order valence-corrected chi connectivity index (χ0v) is 11.2. The fraction of sp³-hybridized carbons (Fsp3) is 0.333. The topological polar surface area (TPSA) is 43.4 Å². The van der Waals surface area contributed by atoms with Crippen LogP contribution in [0.25, 0.3) is 0 Å². The Balaban J connectivity index is 2.16. The highest BCUT2D eigenvalue weighted by Gasteiger charge is 2.05. The number of carbonyl (C=O) groups excluding carboxylic acids is 2. The van der Waals surface area contributed by atoms with Gasteiger partial charge in [0.2, 0.25) is 0 Å². The van der Waals surface area contributed by atoms with Gasteiger partial charge < -0.3 is 4.74 Å². The van der Waals surface area contributed by atoms with Gasteiger partial charge >= 0.3 is 5.97 Å². The summed E-state index contributed by atoms with van der Waals surface area (Å²) in [4.78, 5) is 23.3. The third kappa shape index (κ3) is 6.38. The van der Waals surface area contributed by atoms with E-state index < -0.39 is 0 Å². The number of thioether (sulfide) groups is 2. The summed E-state index contributed by atoms with van der Waals surface area (Å²) in [5.41, 5.74) is 0. The zero-order valence-electron chi connectivity index (χ0n) is 9.55. The van der Waals surface area contributed by atoms with Crippen molar-refractivity contribution in [3.8, 4) is 0 Å². The first-order valence-corrected chi connectivity index (χ1v) is 7.10. The van der Waals surface area contributed by atoms with Crippen LogP contribution >= 0.6 is 23.5 Å². The molecule has 1 aromatic rings. The van der Waals surface area contributed by atoms with Gasteiger partial charge in [0.1, 0.15) is 0 Å².